The van der Waals surface area contributed by atoms with Gasteiger partial charge in [-0.1, -0.05) is 12.1 Å². The number of halogens is 2. The van der Waals surface area contributed by atoms with Crippen molar-refractivity contribution in [3.63, 3.8) is 0 Å². The minimum absolute atomic E-state index is 0.0376. The molecule has 0 aliphatic rings. The zero-order valence-corrected chi connectivity index (χ0v) is 10.8. The largest absolute Gasteiger partial charge is 0.467 e. The van der Waals surface area contributed by atoms with E-state index >= 15 is 0 Å². The van der Waals surface area contributed by atoms with Gasteiger partial charge in [-0.15, -0.1) is 0 Å². The highest BCUT2D eigenvalue weighted by atomic mass is 19.3. The average Bonchev–Trinajstić information content (AvgIpc) is 2.98. The Morgan fingerprint density at radius 1 is 1.29 bits per heavy atom. The van der Waals surface area contributed by atoms with Gasteiger partial charge in [0.15, 0.2) is 0 Å². The number of furan rings is 1. The summed E-state index contributed by atoms with van der Waals surface area (Å²) in [6.07, 6.45) is 0.374. The molecule has 1 amide bonds. The van der Waals surface area contributed by atoms with Gasteiger partial charge in [-0.3, -0.25) is 4.79 Å². The summed E-state index contributed by atoms with van der Waals surface area (Å²) >= 11 is 0. The van der Waals surface area contributed by atoms with Crippen LogP contribution in [0.4, 0.5) is 8.78 Å². The number of para-hydroxylation sites is 1. The summed E-state index contributed by atoms with van der Waals surface area (Å²) in [4.78, 5) is 11.9. The molecular formula is C14H13F2NO4. The summed E-state index contributed by atoms with van der Waals surface area (Å²) in [5.74, 6) is -0.554. The topological polar surface area (TPSA) is 71.7 Å². The van der Waals surface area contributed by atoms with Crippen molar-refractivity contribution in [3.05, 3.63) is 54.0 Å². The number of carbonyl (C=O) groups is 1. The number of ether oxygens (including phenoxy) is 1. The number of carbonyl (C=O) groups excluding carboxylic acids is 1. The first-order valence-electron chi connectivity index (χ1n) is 6.11. The SMILES string of the molecule is O=C(NCC(O)c1ccco1)c1ccccc1OC(F)F. The van der Waals surface area contributed by atoms with E-state index < -0.39 is 18.6 Å². The van der Waals surface area contributed by atoms with E-state index in [-0.39, 0.29) is 17.9 Å². The number of aliphatic hydroxyl groups is 1. The number of hydrogen-bond donors (Lipinski definition) is 2. The molecule has 0 fully saturated rings. The van der Waals surface area contributed by atoms with Gasteiger partial charge in [0, 0.05) is 0 Å². The van der Waals surface area contributed by atoms with Crippen molar-refractivity contribution in [1.82, 2.24) is 5.32 Å². The molecular weight excluding hydrogens is 284 g/mol. The normalized spacial score (nSPS) is 12.2. The molecule has 1 heterocycles. The Bertz CT molecular complexity index is 586. The Labute approximate surface area is 119 Å². The van der Waals surface area contributed by atoms with Gasteiger partial charge < -0.3 is 19.6 Å². The van der Waals surface area contributed by atoms with Crippen molar-refractivity contribution >= 4 is 5.91 Å². The highest BCUT2D eigenvalue weighted by Gasteiger charge is 2.17. The molecule has 0 bridgehead atoms. The molecule has 7 heteroatoms. The Hall–Kier alpha value is -2.41. The summed E-state index contributed by atoms with van der Waals surface area (Å²) in [5, 5.41) is 12.2. The highest BCUT2D eigenvalue weighted by Crippen LogP contribution is 2.20. The molecule has 0 spiro atoms. The lowest BCUT2D eigenvalue weighted by Crippen LogP contribution is -2.28. The van der Waals surface area contributed by atoms with E-state index in [1.807, 2.05) is 0 Å². The van der Waals surface area contributed by atoms with Crippen LogP contribution in [0.5, 0.6) is 5.75 Å². The fraction of sp³-hybridized carbons (Fsp3) is 0.214. The molecule has 2 rings (SSSR count). The van der Waals surface area contributed by atoms with Crippen LogP contribution in [-0.2, 0) is 0 Å². The first kappa shape index (κ1) is 15.0. The number of alkyl halides is 2. The summed E-state index contributed by atoms with van der Waals surface area (Å²) < 4.78 is 33.8. The zero-order valence-electron chi connectivity index (χ0n) is 10.8. The number of rotatable bonds is 6. The third kappa shape index (κ3) is 4.03. The number of amides is 1. The minimum atomic E-state index is -3.02. The van der Waals surface area contributed by atoms with Crippen LogP contribution in [0.3, 0.4) is 0 Å². The predicted molar refractivity (Wildman–Crippen MR) is 69.1 cm³/mol. The van der Waals surface area contributed by atoms with Crippen molar-refractivity contribution < 1.29 is 27.8 Å². The van der Waals surface area contributed by atoms with E-state index in [0.29, 0.717) is 5.76 Å². The van der Waals surface area contributed by atoms with Gasteiger partial charge in [0.1, 0.15) is 17.6 Å². The summed E-state index contributed by atoms with van der Waals surface area (Å²) in [7, 11) is 0. The monoisotopic (exact) mass is 297 g/mol. The van der Waals surface area contributed by atoms with Crippen LogP contribution in [-0.4, -0.2) is 24.2 Å². The van der Waals surface area contributed by atoms with E-state index in [1.54, 1.807) is 12.1 Å². The lowest BCUT2D eigenvalue weighted by Gasteiger charge is -2.12. The van der Waals surface area contributed by atoms with Crippen molar-refractivity contribution in [2.45, 2.75) is 12.7 Å². The Morgan fingerprint density at radius 2 is 2.05 bits per heavy atom. The van der Waals surface area contributed by atoms with Crippen LogP contribution in [0.1, 0.15) is 22.2 Å². The molecule has 0 saturated carbocycles. The maximum Gasteiger partial charge on any atom is 0.387 e. The fourth-order valence-electron chi connectivity index (χ4n) is 1.72. The lowest BCUT2D eigenvalue weighted by atomic mass is 10.2. The van der Waals surface area contributed by atoms with Crippen molar-refractivity contribution in [2.75, 3.05) is 6.54 Å². The number of hydrogen-bond acceptors (Lipinski definition) is 4. The fourth-order valence-corrected chi connectivity index (χ4v) is 1.72. The smallest absolute Gasteiger partial charge is 0.387 e. The van der Waals surface area contributed by atoms with Gasteiger partial charge >= 0.3 is 6.61 Å². The quantitative estimate of drug-likeness (QED) is 0.858. The van der Waals surface area contributed by atoms with Crippen molar-refractivity contribution in [2.24, 2.45) is 0 Å². The van der Waals surface area contributed by atoms with Gasteiger partial charge in [0.05, 0.1) is 18.4 Å². The van der Waals surface area contributed by atoms with E-state index in [9.17, 15) is 18.7 Å². The lowest BCUT2D eigenvalue weighted by molar-refractivity contribution is -0.0501. The van der Waals surface area contributed by atoms with Gasteiger partial charge in [-0.05, 0) is 24.3 Å². The van der Waals surface area contributed by atoms with Crippen LogP contribution in [0, 0.1) is 0 Å². The number of benzene rings is 1. The molecule has 1 aromatic heterocycles. The summed E-state index contributed by atoms with van der Waals surface area (Å²) in [6, 6.07) is 8.79. The van der Waals surface area contributed by atoms with Crippen LogP contribution < -0.4 is 10.1 Å². The standard InChI is InChI=1S/C14H13F2NO4/c15-14(16)21-11-5-2-1-4-9(11)13(19)17-8-10(18)12-6-3-7-20-12/h1-7,10,14,18H,8H2,(H,17,19). The third-order valence-electron chi connectivity index (χ3n) is 2.68. The molecule has 0 aliphatic heterocycles. The second-order valence-corrected chi connectivity index (χ2v) is 4.12. The highest BCUT2D eigenvalue weighted by molar-refractivity contribution is 5.96. The molecule has 21 heavy (non-hydrogen) atoms. The Morgan fingerprint density at radius 3 is 2.71 bits per heavy atom. The second-order valence-electron chi connectivity index (χ2n) is 4.12. The zero-order chi connectivity index (χ0) is 15.2. The average molecular weight is 297 g/mol. The molecule has 1 atom stereocenters. The van der Waals surface area contributed by atoms with E-state index in [0.717, 1.165) is 0 Å². The summed E-state index contributed by atoms with van der Waals surface area (Å²) in [6.45, 7) is -3.14. The molecule has 5 nitrogen and oxygen atoms in total. The van der Waals surface area contributed by atoms with Crippen molar-refractivity contribution in [1.29, 1.82) is 0 Å². The van der Waals surface area contributed by atoms with Crippen LogP contribution >= 0.6 is 0 Å². The Kier molecular flexibility index (Phi) is 4.89. The van der Waals surface area contributed by atoms with Gasteiger partial charge in [-0.2, -0.15) is 8.78 Å². The van der Waals surface area contributed by atoms with E-state index in [1.165, 1.54) is 30.5 Å². The summed E-state index contributed by atoms with van der Waals surface area (Å²) in [5.41, 5.74) is -0.0376. The Balaban J connectivity index is 2.00. The van der Waals surface area contributed by atoms with Gasteiger partial charge in [-0.25, -0.2) is 0 Å². The molecule has 0 aliphatic carbocycles. The molecule has 112 valence electrons. The van der Waals surface area contributed by atoms with Crippen LogP contribution in [0.2, 0.25) is 0 Å². The molecule has 2 aromatic rings. The molecule has 2 N–H and O–H groups in total. The first-order valence-corrected chi connectivity index (χ1v) is 6.11. The second kappa shape index (κ2) is 6.85. The number of nitrogens with one attached hydrogen (secondary N) is 1. The molecule has 1 aromatic carbocycles. The third-order valence-corrected chi connectivity index (χ3v) is 2.68. The van der Waals surface area contributed by atoms with Gasteiger partial charge in [0.2, 0.25) is 0 Å². The van der Waals surface area contributed by atoms with Gasteiger partial charge in [0.25, 0.3) is 5.91 Å². The maximum atomic E-state index is 12.3. The van der Waals surface area contributed by atoms with E-state index in [2.05, 4.69) is 10.1 Å². The number of aliphatic hydroxyl groups excluding tert-OH is 1. The van der Waals surface area contributed by atoms with Crippen LogP contribution in [0.15, 0.2) is 47.1 Å². The minimum Gasteiger partial charge on any atom is -0.467 e. The van der Waals surface area contributed by atoms with Crippen molar-refractivity contribution in [3.8, 4) is 5.75 Å². The van der Waals surface area contributed by atoms with E-state index in [4.69, 9.17) is 4.42 Å². The van der Waals surface area contributed by atoms with Crippen LogP contribution in [0.25, 0.3) is 0 Å². The predicted octanol–water partition coefficient (Wildman–Crippen LogP) is 2.34. The molecule has 0 saturated heterocycles. The molecule has 0 radical (unpaired) electrons. The first-order chi connectivity index (χ1) is 10.1. The maximum absolute atomic E-state index is 12.3. The molecule has 1 unspecified atom stereocenters.